The van der Waals surface area contributed by atoms with Gasteiger partial charge in [0.05, 0.1) is 17.0 Å². The van der Waals surface area contributed by atoms with Crippen molar-refractivity contribution < 1.29 is 17.6 Å². The first-order valence-electron chi connectivity index (χ1n) is 8.38. The van der Waals surface area contributed by atoms with Crippen LogP contribution in [-0.4, -0.2) is 9.97 Å². The minimum Gasteiger partial charge on any atom is -0.228 e. The lowest BCUT2D eigenvalue weighted by Crippen LogP contribution is -2.03. The zero-order valence-corrected chi connectivity index (χ0v) is 14.3. The van der Waals surface area contributed by atoms with Crippen molar-refractivity contribution in [3.8, 4) is 33.9 Å². The molecule has 0 saturated carbocycles. The summed E-state index contributed by atoms with van der Waals surface area (Å²) >= 11 is 0. The molecule has 0 spiro atoms. The summed E-state index contributed by atoms with van der Waals surface area (Å²) in [5, 5.41) is 0. The van der Waals surface area contributed by atoms with Crippen LogP contribution in [0.25, 0.3) is 33.9 Å². The number of nitrogens with zero attached hydrogens (tertiary/aromatic N) is 2. The number of hydrogen-bond acceptors (Lipinski definition) is 2. The Labute approximate surface area is 158 Å². The maximum Gasteiger partial charge on any atom is 0.195 e. The van der Waals surface area contributed by atoms with Crippen LogP contribution in [0.1, 0.15) is 0 Å². The Morgan fingerprint density at radius 1 is 0.536 bits per heavy atom. The van der Waals surface area contributed by atoms with Gasteiger partial charge in [-0.15, -0.1) is 0 Å². The fourth-order valence-electron chi connectivity index (χ4n) is 2.84. The van der Waals surface area contributed by atoms with Crippen LogP contribution in [0.5, 0.6) is 0 Å². The quantitative estimate of drug-likeness (QED) is 0.246. The first kappa shape index (κ1) is 17.9. The lowest BCUT2D eigenvalue weighted by atomic mass is 10.1. The average Bonchev–Trinajstić information content (AvgIpc) is 2.73. The molecule has 0 amide bonds. The van der Waals surface area contributed by atoms with Gasteiger partial charge in [0, 0.05) is 17.2 Å². The van der Waals surface area contributed by atoms with E-state index in [-0.39, 0.29) is 11.9 Å². The summed E-state index contributed by atoms with van der Waals surface area (Å²) < 4.78 is 55.7. The van der Waals surface area contributed by atoms with Gasteiger partial charge in [-0.3, -0.25) is 0 Å². The smallest absolute Gasteiger partial charge is 0.195 e. The molecule has 0 radical (unpaired) electrons. The summed E-state index contributed by atoms with van der Waals surface area (Å²) in [4.78, 5) is 8.42. The molecular weight excluding hydrogens is 368 g/mol. The van der Waals surface area contributed by atoms with Crippen LogP contribution >= 0.6 is 0 Å². The van der Waals surface area contributed by atoms with Crippen molar-refractivity contribution in [1.82, 2.24) is 9.97 Å². The highest BCUT2D eigenvalue weighted by Gasteiger charge is 2.23. The highest BCUT2D eigenvalue weighted by atomic mass is 19.2. The molecule has 1 aromatic heterocycles. The topological polar surface area (TPSA) is 25.8 Å². The van der Waals surface area contributed by atoms with E-state index < -0.39 is 28.8 Å². The average molecular weight is 380 g/mol. The molecule has 4 rings (SSSR count). The van der Waals surface area contributed by atoms with Crippen molar-refractivity contribution in [3.63, 3.8) is 0 Å². The second-order valence-corrected chi connectivity index (χ2v) is 6.04. The first-order valence-corrected chi connectivity index (χ1v) is 8.38. The number of rotatable bonds is 3. The van der Waals surface area contributed by atoms with E-state index in [2.05, 4.69) is 9.97 Å². The van der Waals surface area contributed by atoms with Crippen LogP contribution in [0.3, 0.4) is 0 Å². The second kappa shape index (κ2) is 7.23. The molecule has 0 aliphatic rings. The van der Waals surface area contributed by atoms with Crippen LogP contribution < -0.4 is 0 Å². The molecule has 0 aliphatic carbocycles. The van der Waals surface area contributed by atoms with Crippen LogP contribution in [0.15, 0.2) is 72.8 Å². The molecule has 138 valence electrons. The standard InChI is InChI=1S/C22H12F4N2/c23-15-11-16(24)20(25)21(26)19(15)22-27-17(13-7-3-1-4-8-13)12-18(28-22)14-9-5-2-6-10-14/h1-12H. The van der Waals surface area contributed by atoms with Gasteiger partial charge in [-0.05, 0) is 6.07 Å². The predicted molar refractivity (Wildman–Crippen MR) is 98.2 cm³/mol. The third-order valence-electron chi connectivity index (χ3n) is 4.20. The Morgan fingerprint density at radius 2 is 1.04 bits per heavy atom. The van der Waals surface area contributed by atoms with Crippen molar-refractivity contribution in [1.29, 1.82) is 0 Å². The third-order valence-corrected chi connectivity index (χ3v) is 4.20. The van der Waals surface area contributed by atoms with Gasteiger partial charge in [0.1, 0.15) is 5.82 Å². The van der Waals surface area contributed by atoms with Crippen LogP contribution in [0.4, 0.5) is 17.6 Å². The van der Waals surface area contributed by atoms with Gasteiger partial charge in [0.15, 0.2) is 23.3 Å². The summed E-state index contributed by atoms with van der Waals surface area (Å²) in [6, 6.07) is 19.9. The molecule has 0 unspecified atom stereocenters. The van der Waals surface area contributed by atoms with E-state index in [1.54, 1.807) is 54.6 Å². The molecule has 3 aromatic carbocycles. The van der Waals surface area contributed by atoms with E-state index in [1.165, 1.54) is 0 Å². The van der Waals surface area contributed by atoms with Crippen molar-refractivity contribution >= 4 is 0 Å². The number of hydrogen-bond donors (Lipinski definition) is 0. The summed E-state index contributed by atoms with van der Waals surface area (Å²) in [5.41, 5.74) is 1.35. The van der Waals surface area contributed by atoms with Gasteiger partial charge >= 0.3 is 0 Å². The van der Waals surface area contributed by atoms with Gasteiger partial charge < -0.3 is 0 Å². The summed E-state index contributed by atoms with van der Waals surface area (Å²) in [6.07, 6.45) is 0. The van der Waals surface area contributed by atoms with Gasteiger partial charge in [-0.2, -0.15) is 0 Å². The van der Waals surface area contributed by atoms with E-state index >= 15 is 0 Å². The highest BCUT2D eigenvalue weighted by molar-refractivity contribution is 5.72. The van der Waals surface area contributed by atoms with E-state index in [0.717, 1.165) is 0 Å². The Morgan fingerprint density at radius 3 is 1.54 bits per heavy atom. The molecular formula is C22H12F4N2. The lowest BCUT2D eigenvalue weighted by Gasteiger charge is -2.11. The number of benzene rings is 3. The maximum atomic E-state index is 14.3. The summed E-state index contributed by atoms with van der Waals surface area (Å²) in [7, 11) is 0. The normalized spacial score (nSPS) is 10.9. The van der Waals surface area contributed by atoms with Gasteiger partial charge in [-0.1, -0.05) is 60.7 Å². The fraction of sp³-hybridized carbons (Fsp3) is 0. The molecule has 2 nitrogen and oxygen atoms in total. The van der Waals surface area contributed by atoms with Gasteiger partial charge in [0.2, 0.25) is 0 Å². The molecule has 1 heterocycles. The predicted octanol–water partition coefficient (Wildman–Crippen LogP) is 6.03. The minimum absolute atomic E-state index is 0.286. The van der Waals surface area contributed by atoms with E-state index in [1.807, 2.05) is 12.1 Å². The maximum absolute atomic E-state index is 14.3. The van der Waals surface area contributed by atoms with Crippen molar-refractivity contribution in [3.05, 3.63) is 96.1 Å². The molecule has 0 N–H and O–H groups in total. The Kier molecular flexibility index (Phi) is 4.61. The van der Waals surface area contributed by atoms with Gasteiger partial charge in [-0.25, -0.2) is 27.5 Å². The van der Waals surface area contributed by atoms with Crippen LogP contribution in [0, 0.1) is 23.3 Å². The zero-order chi connectivity index (χ0) is 19.7. The molecule has 0 fully saturated rings. The summed E-state index contributed by atoms with van der Waals surface area (Å²) in [5.74, 6) is -6.69. The fourth-order valence-corrected chi connectivity index (χ4v) is 2.84. The van der Waals surface area contributed by atoms with Gasteiger partial charge in [0.25, 0.3) is 0 Å². The minimum atomic E-state index is -1.77. The monoisotopic (exact) mass is 380 g/mol. The first-order chi connectivity index (χ1) is 13.5. The van der Waals surface area contributed by atoms with E-state index in [0.29, 0.717) is 22.5 Å². The molecule has 0 bridgehead atoms. The molecule has 0 saturated heterocycles. The number of aromatic nitrogens is 2. The van der Waals surface area contributed by atoms with Crippen molar-refractivity contribution in [2.45, 2.75) is 0 Å². The van der Waals surface area contributed by atoms with Crippen molar-refractivity contribution in [2.24, 2.45) is 0 Å². The van der Waals surface area contributed by atoms with E-state index in [4.69, 9.17) is 0 Å². The molecule has 0 atom stereocenters. The highest BCUT2D eigenvalue weighted by Crippen LogP contribution is 2.31. The van der Waals surface area contributed by atoms with Crippen molar-refractivity contribution in [2.75, 3.05) is 0 Å². The number of halogens is 4. The molecule has 0 aliphatic heterocycles. The lowest BCUT2D eigenvalue weighted by molar-refractivity contribution is 0.436. The molecule has 4 aromatic rings. The second-order valence-electron chi connectivity index (χ2n) is 6.04. The Balaban J connectivity index is 2.00. The Bertz CT molecular complexity index is 1090. The molecule has 28 heavy (non-hydrogen) atoms. The third kappa shape index (κ3) is 3.24. The SMILES string of the molecule is Fc1cc(F)c(-c2nc(-c3ccccc3)cc(-c3ccccc3)n2)c(F)c1F. The Hall–Kier alpha value is -3.54. The summed E-state index contributed by atoms with van der Waals surface area (Å²) in [6.45, 7) is 0. The zero-order valence-electron chi connectivity index (χ0n) is 14.3. The van der Waals surface area contributed by atoms with Crippen LogP contribution in [-0.2, 0) is 0 Å². The van der Waals surface area contributed by atoms with Crippen LogP contribution in [0.2, 0.25) is 0 Å². The van der Waals surface area contributed by atoms with E-state index in [9.17, 15) is 17.6 Å². The largest absolute Gasteiger partial charge is 0.228 e. The molecule has 6 heteroatoms.